The average Bonchev–Trinajstić information content (AvgIpc) is 2.29. The van der Waals surface area contributed by atoms with Crippen LogP contribution in [0.4, 0.5) is 0 Å². The fraction of sp³-hybridized carbons (Fsp3) is 1.00. The highest BCUT2D eigenvalue weighted by Crippen LogP contribution is 2.43. The van der Waals surface area contributed by atoms with Crippen molar-refractivity contribution in [2.75, 3.05) is 27.2 Å². The maximum atomic E-state index is 6.06. The van der Waals surface area contributed by atoms with Crippen molar-refractivity contribution < 1.29 is 4.74 Å². The summed E-state index contributed by atoms with van der Waals surface area (Å²) < 4.78 is 6.06. The molecule has 20 heavy (non-hydrogen) atoms. The summed E-state index contributed by atoms with van der Waals surface area (Å²) in [6, 6.07) is 1.13. The topological polar surface area (TPSA) is 24.5 Å². The van der Waals surface area contributed by atoms with Crippen molar-refractivity contribution in [2.24, 2.45) is 17.3 Å². The molecule has 1 saturated carbocycles. The SMILES string of the molecule is CC(C)COC1CC(NC(CN(C)C)C(C)C)C1(C)C. The summed E-state index contributed by atoms with van der Waals surface area (Å²) in [4.78, 5) is 2.27. The predicted octanol–water partition coefficient (Wildman–Crippen LogP) is 3.00. The number of ether oxygens (including phenoxy) is 1. The Morgan fingerprint density at radius 1 is 1.20 bits per heavy atom. The van der Waals surface area contributed by atoms with Crippen LogP contribution >= 0.6 is 0 Å². The zero-order valence-electron chi connectivity index (χ0n) is 14.9. The van der Waals surface area contributed by atoms with E-state index in [1.807, 2.05) is 0 Å². The molecule has 0 saturated heterocycles. The number of hydrogen-bond donors (Lipinski definition) is 1. The maximum Gasteiger partial charge on any atom is 0.0656 e. The van der Waals surface area contributed by atoms with E-state index in [4.69, 9.17) is 4.74 Å². The van der Waals surface area contributed by atoms with Gasteiger partial charge >= 0.3 is 0 Å². The monoisotopic (exact) mass is 284 g/mol. The van der Waals surface area contributed by atoms with Crippen molar-refractivity contribution in [1.82, 2.24) is 10.2 Å². The van der Waals surface area contributed by atoms with Crippen molar-refractivity contribution in [3.63, 3.8) is 0 Å². The van der Waals surface area contributed by atoms with Gasteiger partial charge in [-0.3, -0.25) is 0 Å². The Bertz CT molecular complexity index is 287. The first-order valence-corrected chi connectivity index (χ1v) is 8.17. The highest BCUT2D eigenvalue weighted by molar-refractivity contribution is 5.04. The lowest BCUT2D eigenvalue weighted by Gasteiger charge is -2.53. The molecule has 3 heteroatoms. The lowest BCUT2D eigenvalue weighted by Crippen LogP contribution is -2.64. The molecule has 1 aliphatic carbocycles. The molecule has 0 heterocycles. The van der Waals surface area contributed by atoms with Gasteiger partial charge in [0, 0.05) is 30.7 Å². The smallest absolute Gasteiger partial charge is 0.0656 e. The Kier molecular flexibility index (Phi) is 6.49. The van der Waals surface area contributed by atoms with Gasteiger partial charge in [-0.1, -0.05) is 41.5 Å². The summed E-state index contributed by atoms with van der Waals surface area (Å²) in [6.45, 7) is 15.7. The van der Waals surface area contributed by atoms with E-state index in [9.17, 15) is 0 Å². The summed E-state index contributed by atoms with van der Waals surface area (Å²) >= 11 is 0. The van der Waals surface area contributed by atoms with Crippen molar-refractivity contribution in [2.45, 2.75) is 66.2 Å². The minimum Gasteiger partial charge on any atom is -0.377 e. The summed E-state index contributed by atoms with van der Waals surface area (Å²) in [5.74, 6) is 1.28. The van der Waals surface area contributed by atoms with Gasteiger partial charge in [0.05, 0.1) is 6.10 Å². The van der Waals surface area contributed by atoms with Crippen LogP contribution in [0.1, 0.15) is 48.0 Å². The molecule has 3 unspecified atom stereocenters. The minimum atomic E-state index is 0.244. The van der Waals surface area contributed by atoms with Crippen molar-refractivity contribution in [3.8, 4) is 0 Å². The van der Waals surface area contributed by atoms with Crippen molar-refractivity contribution in [3.05, 3.63) is 0 Å². The van der Waals surface area contributed by atoms with Crippen LogP contribution in [0.5, 0.6) is 0 Å². The molecular weight excluding hydrogens is 248 g/mol. The molecular formula is C17H36N2O. The van der Waals surface area contributed by atoms with Crippen LogP contribution in [0.2, 0.25) is 0 Å². The molecule has 0 bridgehead atoms. The van der Waals surface area contributed by atoms with Gasteiger partial charge < -0.3 is 15.0 Å². The molecule has 3 atom stereocenters. The Morgan fingerprint density at radius 3 is 2.20 bits per heavy atom. The Balaban J connectivity index is 2.49. The zero-order chi connectivity index (χ0) is 15.5. The van der Waals surface area contributed by atoms with Gasteiger partial charge in [-0.2, -0.15) is 0 Å². The molecule has 0 aromatic heterocycles. The summed E-state index contributed by atoms with van der Waals surface area (Å²) in [6.07, 6.45) is 1.56. The Hall–Kier alpha value is -0.120. The molecule has 0 amide bonds. The van der Waals surface area contributed by atoms with E-state index in [-0.39, 0.29) is 5.41 Å². The lowest BCUT2D eigenvalue weighted by atomic mass is 9.64. The van der Waals surface area contributed by atoms with Crippen LogP contribution in [-0.2, 0) is 4.74 Å². The standard InChI is InChI=1S/C17H36N2O/c1-12(2)11-20-16-9-15(17(16,5)6)18-14(13(3)4)10-19(7)8/h12-16,18H,9-11H2,1-8H3. The highest BCUT2D eigenvalue weighted by Gasteiger charge is 2.49. The van der Waals surface area contributed by atoms with E-state index >= 15 is 0 Å². The highest BCUT2D eigenvalue weighted by atomic mass is 16.5. The Labute approximate surface area is 126 Å². The molecule has 1 fully saturated rings. The van der Waals surface area contributed by atoms with Gasteiger partial charge in [0.25, 0.3) is 0 Å². The van der Waals surface area contributed by atoms with Crippen LogP contribution in [-0.4, -0.2) is 50.3 Å². The third-order valence-electron chi connectivity index (χ3n) is 4.59. The first-order chi connectivity index (χ1) is 9.14. The summed E-state index contributed by atoms with van der Waals surface area (Å²) in [5.41, 5.74) is 0.244. The predicted molar refractivity (Wildman–Crippen MR) is 87.1 cm³/mol. The molecule has 0 aromatic carbocycles. The van der Waals surface area contributed by atoms with E-state index in [0.717, 1.165) is 19.6 Å². The second-order valence-electron chi connectivity index (χ2n) is 8.10. The van der Waals surface area contributed by atoms with Crippen LogP contribution in [0.25, 0.3) is 0 Å². The number of hydrogen-bond acceptors (Lipinski definition) is 3. The quantitative estimate of drug-likeness (QED) is 0.741. The molecule has 0 radical (unpaired) electrons. The van der Waals surface area contributed by atoms with E-state index in [0.29, 0.717) is 30.0 Å². The number of likely N-dealkylation sites (N-methyl/N-ethyl adjacent to an activating group) is 1. The Morgan fingerprint density at radius 2 is 1.80 bits per heavy atom. The number of rotatable bonds is 8. The fourth-order valence-electron chi connectivity index (χ4n) is 2.87. The van der Waals surface area contributed by atoms with E-state index in [1.54, 1.807) is 0 Å². The second kappa shape index (κ2) is 7.24. The van der Waals surface area contributed by atoms with Crippen LogP contribution in [0, 0.1) is 17.3 Å². The van der Waals surface area contributed by atoms with Gasteiger partial charge in [0.1, 0.15) is 0 Å². The van der Waals surface area contributed by atoms with E-state index in [1.165, 1.54) is 0 Å². The van der Waals surface area contributed by atoms with Crippen molar-refractivity contribution >= 4 is 0 Å². The first-order valence-electron chi connectivity index (χ1n) is 8.17. The summed E-state index contributed by atoms with van der Waals surface area (Å²) in [5, 5.41) is 3.87. The minimum absolute atomic E-state index is 0.244. The van der Waals surface area contributed by atoms with Crippen molar-refractivity contribution in [1.29, 1.82) is 0 Å². The second-order valence-corrected chi connectivity index (χ2v) is 8.10. The van der Waals surface area contributed by atoms with Gasteiger partial charge in [0.2, 0.25) is 0 Å². The van der Waals surface area contributed by atoms with Crippen LogP contribution < -0.4 is 5.32 Å². The maximum absolute atomic E-state index is 6.06. The van der Waals surface area contributed by atoms with E-state index in [2.05, 4.69) is 65.9 Å². The fourth-order valence-corrected chi connectivity index (χ4v) is 2.87. The zero-order valence-corrected chi connectivity index (χ0v) is 14.9. The molecule has 0 aromatic rings. The van der Waals surface area contributed by atoms with Gasteiger partial charge in [-0.25, -0.2) is 0 Å². The van der Waals surface area contributed by atoms with Gasteiger partial charge in [-0.15, -0.1) is 0 Å². The first kappa shape index (κ1) is 17.9. The number of nitrogens with zero attached hydrogens (tertiary/aromatic N) is 1. The molecule has 1 N–H and O–H groups in total. The molecule has 0 aliphatic heterocycles. The largest absolute Gasteiger partial charge is 0.377 e. The van der Waals surface area contributed by atoms with Gasteiger partial charge in [0.15, 0.2) is 0 Å². The van der Waals surface area contributed by atoms with E-state index < -0.39 is 0 Å². The lowest BCUT2D eigenvalue weighted by molar-refractivity contribution is -0.127. The normalized spacial score (nSPS) is 27.1. The van der Waals surface area contributed by atoms with Gasteiger partial charge in [-0.05, 0) is 32.4 Å². The number of nitrogens with one attached hydrogen (secondary N) is 1. The molecule has 0 spiro atoms. The van der Waals surface area contributed by atoms with Crippen LogP contribution in [0.3, 0.4) is 0 Å². The summed E-state index contributed by atoms with van der Waals surface area (Å²) in [7, 11) is 4.30. The molecule has 3 nitrogen and oxygen atoms in total. The molecule has 120 valence electrons. The third-order valence-corrected chi connectivity index (χ3v) is 4.59. The third kappa shape index (κ3) is 4.71. The molecule has 1 rings (SSSR count). The molecule has 1 aliphatic rings. The van der Waals surface area contributed by atoms with Crippen LogP contribution in [0.15, 0.2) is 0 Å². The average molecular weight is 284 g/mol.